The van der Waals surface area contributed by atoms with Crippen LogP contribution >= 0.6 is 0 Å². The second kappa shape index (κ2) is 42.6. The zero-order valence-corrected chi connectivity index (χ0v) is 51.8. The van der Waals surface area contributed by atoms with Crippen LogP contribution in [0.2, 0.25) is 0 Å². The Hall–Kier alpha value is -6.16. The quantitative estimate of drug-likeness (QED) is 0.0205. The van der Waals surface area contributed by atoms with Gasteiger partial charge in [0.15, 0.2) is 0 Å². The molecule has 2 atom stereocenters. The maximum absolute atomic E-state index is 13.0. The molecule has 0 saturated carbocycles. The van der Waals surface area contributed by atoms with Crippen LogP contribution in [-0.2, 0) is 66.7 Å². The largest absolute Gasteiger partial charge is 0.480 e. The van der Waals surface area contributed by atoms with Gasteiger partial charge in [-0.05, 0) is 102 Å². The van der Waals surface area contributed by atoms with Crippen molar-refractivity contribution in [1.29, 1.82) is 0 Å². The maximum atomic E-state index is 13.0. The lowest BCUT2D eigenvalue weighted by atomic mass is 9.98. The number of ether oxygens (including phenoxy) is 7. The number of carbonyl (C=O) groups is 8. The van der Waals surface area contributed by atoms with E-state index < -0.39 is 41.3 Å². The lowest BCUT2D eigenvalue weighted by Crippen LogP contribution is -2.44. The summed E-state index contributed by atoms with van der Waals surface area (Å²) in [7, 11) is 0. The number of rotatable bonds is 47. The summed E-state index contributed by atoms with van der Waals surface area (Å²) in [6.45, 7) is 12.5. The molecule has 2 aromatic carbocycles. The van der Waals surface area contributed by atoms with E-state index in [2.05, 4.69) is 26.6 Å². The average Bonchev–Trinajstić information content (AvgIpc) is 3.59. The van der Waals surface area contributed by atoms with Crippen molar-refractivity contribution >= 4 is 47.6 Å². The first kappa shape index (κ1) is 73.1. The van der Waals surface area contributed by atoms with E-state index in [0.717, 1.165) is 67.2 Å². The minimum atomic E-state index is -1.18. The van der Waals surface area contributed by atoms with Gasteiger partial charge in [0, 0.05) is 44.8 Å². The fraction of sp³-hybridized carbons (Fsp3) is 0.688. The van der Waals surface area contributed by atoms with E-state index in [0.29, 0.717) is 32.2 Å². The smallest absolute Gasteiger partial charge is 0.407 e. The molecule has 5 amide bonds. The van der Waals surface area contributed by atoms with Crippen LogP contribution in [0.4, 0.5) is 4.79 Å². The lowest BCUT2D eigenvalue weighted by Gasteiger charge is -2.24. The van der Waals surface area contributed by atoms with E-state index in [9.17, 15) is 43.5 Å². The Kier molecular flexibility index (Phi) is 36.7. The van der Waals surface area contributed by atoms with Crippen LogP contribution in [0.15, 0.2) is 48.5 Å². The standard InChI is InChI=1S/C64H101N5O16/c1-63(2,3)84-59(74)33-20-18-16-14-12-10-8-7-9-11-13-15-17-19-32-56(71)68-54(61(77)85-64(4,5)6)34-35-55(70)66-37-39-79-41-44-82-47-58(73)67-38-40-80-42-43-81-46-57(72)65-36-26-25-31-53(60(75)76)69-62(78)83-45-52-50-29-23-21-27-48(50)49-28-22-24-30-51(49)52/h21-24,27-30,52-54H,7-20,25-26,31-47H2,1-6H3,(H,65,72)(H,66,70)(H,67,73)(H,68,71)(H,69,78)(H,75,76)/t53-,54-/m0/s1. The van der Waals surface area contributed by atoms with Gasteiger partial charge >= 0.3 is 24.0 Å². The second-order valence-corrected chi connectivity index (χ2v) is 23.5. The lowest BCUT2D eigenvalue weighted by molar-refractivity contribution is -0.159. The number of hydrogen-bond donors (Lipinski definition) is 6. The van der Waals surface area contributed by atoms with Crippen molar-refractivity contribution in [2.75, 3.05) is 79.1 Å². The Morgan fingerprint density at radius 3 is 1.42 bits per heavy atom. The minimum absolute atomic E-state index is 0.00203. The van der Waals surface area contributed by atoms with Gasteiger partial charge in [-0.15, -0.1) is 0 Å². The van der Waals surface area contributed by atoms with Gasteiger partial charge in [0.25, 0.3) is 0 Å². The molecule has 0 fully saturated rings. The van der Waals surface area contributed by atoms with E-state index in [1.807, 2.05) is 69.3 Å². The number of hydrogen-bond acceptors (Lipinski definition) is 15. The number of carboxylic acids is 1. The fourth-order valence-electron chi connectivity index (χ4n) is 9.46. The third-order valence-electron chi connectivity index (χ3n) is 13.7. The van der Waals surface area contributed by atoms with Crippen molar-refractivity contribution in [3.05, 3.63) is 59.7 Å². The molecule has 0 bridgehead atoms. The molecule has 3 rings (SSSR count). The maximum Gasteiger partial charge on any atom is 0.407 e. The van der Waals surface area contributed by atoms with Crippen LogP contribution < -0.4 is 26.6 Å². The molecule has 1 aliphatic rings. The number of benzene rings is 2. The van der Waals surface area contributed by atoms with Crippen molar-refractivity contribution in [2.24, 2.45) is 0 Å². The van der Waals surface area contributed by atoms with Gasteiger partial charge in [0.05, 0.1) is 39.6 Å². The van der Waals surface area contributed by atoms with Crippen molar-refractivity contribution < 1.29 is 76.6 Å². The Labute approximate surface area is 504 Å². The van der Waals surface area contributed by atoms with E-state index >= 15 is 0 Å². The first-order valence-corrected chi connectivity index (χ1v) is 30.9. The zero-order chi connectivity index (χ0) is 62.1. The Balaban J connectivity index is 1.09. The summed E-state index contributed by atoms with van der Waals surface area (Å²) in [5.41, 5.74) is 3.11. The highest BCUT2D eigenvalue weighted by molar-refractivity contribution is 5.86. The SMILES string of the molecule is CC(C)(C)OC(=O)CCCCCCCCCCCCCCCCC(=O)N[C@@H](CCC(=O)NCCOCCOCC(=O)NCCOCCOCC(=O)NCCCC[C@H](NC(=O)OCC1c2ccccc2-c2ccccc21)C(=O)O)C(=O)OC(C)(C)C. The van der Waals surface area contributed by atoms with E-state index in [1.54, 1.807) is 20.8 Å². The third-order valence-corrected chi connectivity index (χ3v) is 13.7. The fourth-order valence-corrected chi connectivity index (χ4v) is 9.46. The first-order chi connectivity index (χ1) is 40.7. The van der Waals surface area contributed by atoms with Crippen LogP contribution in [0.3, 0.4) is 0 Å². The summed E-state index contributed by atoms with van der Waals surface area (Å²) < 4.78 is 38.1. The molecule has 21 nitrogen and oxygen atoms in total. The molecule has 0 radical (unpaired) electrons. The molecular weight excluding hydrogens is 1090 g/mol. The number of alkyl carbamates (subject to hydrolysis) is 1. The molecule has 0 saturated heterocycles. The van der Waals surface area contributed by atoms with Gasteiger partial charge in [0.1, 0.15) is 43.1 Å². The Morgan fingerprint density at radius 1 is 0.459 bits per heavy atom. The van der Waals surface area contributed by atoms with Gasteiger partial charge in [-0.25, -0.2) is 14.4 Å². The predicted molar refractivity (Wildman–Crippen MR) is 323 cm³/mol. The van der Waals surface area contributed by atoms with Crippen molar-refractivity contribution in [1.82, 2.24) is 26.6 Å². The summed E-state index contributed by atoms with van der Waals surface area (Å²) in [5.74, 6) is -3.24. The average molecular weight is 1200 g/mol. The molecule has 21 heteroatoms. The van der Waals surface area contributed by atoms with Crippen LogP contribution in [0.1, 0.15) is 193 Å². The number of carbonyl (C=O) groups excluding carboxylic acids is 7. The molecule has 0 aliphatic heterocycles. The topological polar surface area (TPSA) is 282 Å². The zero-order valence-electron chi connectivity index (χ0n) is 51.8. The Morgan fingerprint density at radius 2 is 0.918 bits per heavy atom. The monoisotopic (exact) mass is 1200 g/mol. The van der Waals surface area contributed by atoms with Crippen LogP contribution in [-0.4, -0.2) is 155 Å². The normalized spacial score (nSPS) is 12.7. The number of esters is 2. The van der Waals surface area contributed by atoms with Crippen molar-refractivity contribution in [3.63, 3.8) is 0 Å². The summed E-state index contributed by atoms with van der Waals surface area (Å²) in [5, 5.41) is 23.1. The van der Waals surface area contributed by atoms with Gasteiger partial charge in [-0.2, -0.15) is 0 Å². The minimum Gasteiger partial charge on any atom is -0.480 e. The molecule has 0 aromatic heterocycles. The highest BCUT2D eigenvalue weighted by Gasteiger charge is 2.31. The van der Waals surface area contributed by atoms with Gasteiger partial charge in [0.2, 0.25) is 23.6 Å². The van der Waals surface area contributed by atoms with Crippen molar-refractivity contribution in [2.45, 2.75) is 206 Å². The summed E-state index contributed by atoms with van der Waals surface area (Å²) in [4.78, 5) is 99.1. The second-order valence-electron chi connectivity index (χ2n) is 23.5. The third kappa shape index (κ3) is 35.2. The van der Waals surface area contributed by atoms with E-state index in [4.69, 9.17) is 33.2 Å². The number of carboxylic acid groups (broad SMARTS) is 1. The number of amides is 5. The first-order valence-electron chi connectivity index (χ1n) is 30.9. The molecule has 6 N–H and O–H groups in total. The molecule has 0 heterocycles. The summed E-state index contributed by atoms with van der Waals surface area (Å²) in [6, 6.07) is 13.8. The van der Waals surface area contributed by atoms with Crippen LogP contribution in [0.5, 0.6) is 0 Å². The van der Waals surface area contributed by atoms with E-state index in [1.165, 1.54) is 44.9 Å². The number of fused-ring (bicyclic) bond motifs is 3. The van der Waals surface area contributed by atoms with Crippen molar-refractivity contribution in [3.8, 4) is 11.1 Å². The van der Waals surface area contributed by atoms with Crippen LogP contribution in [0.25, 0.3) is 11.1 Å². The van der Waals surface area contributed by atoms with Crippen LogP contribution in [0, 0.1) is 0 Å². The van der Waals surface area contributed by atoms with E-state index in [-0.39, 0.29) is 127 Å². The molecule has 1 aliphatic carbocycles. The molecule has 0 spiro atoms. The van der Waals surface area contributed by atoms with Gasteiger partial charge in [-0.1, -0.05) is 126 Å². The van der Waals surface area contributed by atoms with Gasteiger partial charge in [-0.3, -0.25) is 24.0 Å². The Bertz CT molecular complexity index is 2260. The molecular formula is C64H101N5O16. The molecule has 0 unspecified atom stereocenters. The highest BCUT2D eigenvalue weighted by Crippen LogP contribution is 2.44. The summed E-state index contributed by atoms with van der Waals surface area (Å²) in [6.07, 6.45) is 16.7. The molecule has 2 aromatic rings. The molecule has 478 valence electrons. The number of aliphatic carboxylic acids is 1. The predicted octanol–water partition coefficient (Wildman–Crippen LogP) is 8.75. The summed E-state index contributed by atoms with van der Waals surface area (Å²) >= 11 is 0. The highest BCUT2D eigenvalue weighted by atomic mass is 16.6. The van der Waals surface area contributed by atoms with Gasteiger partial charge < -0.3 is 64.8 Å². The number of unbranched alkanes of at least 4 members (excludes halogenated alkanes) is 14. The number of nitrogens with one attached hydrogen (secondary N) is 5. The molecule has 85 heavy (non-hydrogen) atoms.